The molecule has 0 spiro atoms. The topological polar surface area (TPSA) is 55.6 Å². The van der Waals surface area contributed by atoms with Gasteiger partial charge in [-0.05, 0) is 49.2 Å². The van der Waals surface area contributed by atoms with Gasteiger partial charge in [-0.1, -0.05) is 12.1 Å². The predicted molar refractivity (Wildman–Crippen MR) is 96.6 cm³/mol. The first-order valence-corrected chi connectivity index (χ1v) is 8.75. The lowest BCUT2D eigenvalue weighted by molar-refractivity contribution is 0.0717. The second-order valence-corrected chi connectivity index (χ2v) is 6.42. The van der Waals surface area contributed by atoms with Crippen LogP contribution in [0.4, 0.5) is 0 Å². The number of pyridine rings is 1. The molecule has 0 aliphatic heterocycles. The lowest BCUT2D eigenvalue weighted by atomic mass is 10.1. The van der Waals surface area contributed by atoms with Gasteiger partial charge in [0, 0.05) is 29.6 Å². The Morgan fingerprint density at radius 1 is 1.19 bits per heavy atom. The highest BCUT2D eigenvalue weighted by molar-refractivity contribution is 5.95. The zero-order valence-corrected chi connectivity index (χ0v) is 14.4. The van der Waals surface area contributed by atoms with Crippen LogP contribution in [-0.4, -0.2) is 21.8 Å². The fourth-order valence-electron chi connectivity index (χ4n) is 2.86. The van der Waals surface area contributed by atoms with E-state index in [1.165, 1.54) is 0 Å². The third kappa shape index (κ3) is 3.94. The van der Waals surface area contributed by atoms with Crippen molar-refractivity contribution in [2.75, 3.05) is 0 Å². The molecule has 2 aromatic heterocycles. The fourth-order valence-corrected chi connectivity index (χ4v) is 2.86. The highest BCUT2D eigenvalue weighted by atomic mass is 16.5. The zero-order valence-electron chi connectivity index (χ0n) is 14.4. The van der Waals surface area contributed by atoms with Crippen LogP contribution in [0.2, 0.25) is 0 Å². The van der Waals surface area contributed by atoms with Gasteiger partial charge in [0.05, 0.1) is 12.8 Å². The van der Waals surface area contributed by atoms with Gasteiger partial charge in [0.15, 0.2) is 0 Å². The summed E-state index contributed by atoms with van der Waals surface area (Å²) in [5.41, 5.74) is 1.62. The number of carbonyl (C=O) groups excluding carboxylic acids is 1. The molecule has 2 heterocycles. The van der Waals surface area contributed by atoms with Crippen molar-refractivity contribution in [3.63, 3.8) is 0 Å². The average molecular weight is 348 g/mol. The number of nitrogens with zero attached hydrogens (tertiary/aromatic N) is 2. The molecule has 1 fully saturated rings. The zero-order chi connectivity index (χ0) is 17.8. The normalized spacial score (nSPS) is 13.4. The van der Waals surface area contributed by atoms with E-state index in [1.54, 1.807) is 24.7 Å². The molecule has 0 unspecified atom stereocenters. The molecule has 0 radical (unpaired) electrons. The summed E-state index contributed by atoms with van der Waals surface area (Å²) in [6.07, 6.45) is 7.23. The van der Waals surface area contributed by atoms with Gasteiger partial charge in [-0.2, -0.15) is 0 Å². The number of benzene rings is 1. The summed E-state index contributed by atoms with van der Waals surface area (Å²) >= 11 is 0. The van der Waals surface area contributed by atoms with Gasteiger partial charge in [-0.25, -0.2) is 0 Å². The molecule has 0 saturated heterocycles. The minimum atomic E-state index is 0.00993. The van der Waals surface area contributed by atoms with Gasteiger partial charge in [0.25, 0.3) is 5.91 Å². The van der Waals surface area contributed by atoms with Gasteiger partial charge < -0.3 is 14.1 Å². The number of hydrogen-bond acceptors (Lipinski definition) is 4. The molecular weight excluding hydrogens is 328 g/mol. The van der Waals surface area contributed by atoms with Crippen molar-refractivity contribution in [2.45, 2.75) is 32.0 Å². The van der Waals surface area contributed by atoms with E-state index in [1.807, 2.05) is 47.4 Å². The largest absolute Gasteiger partial charge is 0.489 e. The smallest absolute Gasteiger partial charge is 0.254 e. The van der Waals surface area contributed by atoms with Gasteiger partial charge >= 0.3 is 0 Å². The Balaban J connectivity index is 1.46. The van der Waals surface area contributed by atoms with Crippen LogP contribution in [0.5, 0.6) is 5.75 Å². The minimum absolute atomic E-state index is 0.00993. The summed E-state index contributed by atoms with van der Waals surface area (Å²) in [5.74, 6) is 1.48. The molecule has 1 aliphatic carbocycles. The molecule has 1 saturated carbocycles. The number of furan rings is 1. The first-order valence-electron chi connectivity index (χ1n) is 8.75. The first-order chi connectivity index (χ1) is 12.8. The monoisotopic (exact) mass is 348 g/mol. The standard InChI is InChI=1S/C21H20N2O3/c24-21(23(18-8-9-18)14-20-7-3-11-25-20)17-5-1-6-19(12-17)26-15-16-4-2-10-22-13-16/h1-7,10-13,18H,8-9,14-15H2. The number of hydrogen-bond donors (Lipinski definition) is 0. The summed E-state index contributed by atoms with van der Waals surface area (Å²) in [7, 11) is 0. The van der Waals surface area contributed by atoms with Gasteiger partial charge in [-0.15, -0.1) is 0 Å². The van der Waals surface area contributed by atoms with E-state index < -0.39 is 0 Å². The molecule has 0 bridgehead atoms. The fraction of sp³-hybridized carbons (Fsp3) is 0.238. The molecule has 1 aliphatic rings. The second kappa shape index (κ2) is 7.44. The molecule has 5 nitrogen and oxygen atoms in total. The van der Waals surface area contributed by atoms with E-state index >= 15 is 0 Å². The van der Waals surface area contributed by atoms with E-state index in [2.05, 4.69) is 4.98 Å². The third-order valence-electron chi connectivity index (χ3n) is 4.36. The Morgan fingerprint density at radius 3 is 2.85 bits per heavy atom. The van der Waals surface area contributed by atoms with Gasteiger partial charge in [-0.3, -0.25) is 9.78 Å². The van der Waals surface area contributed by atoms with E-state index in [4.69, 9.17) is 9.15 Å². The molecule has 132 valence electrons. The highest BCUT2D eigenvalue weighted by Gasteiger charge is 2.33. The van der Waals surface area contributed by atoms with Crippen molar-refractivity contribution in [2.24, 2.45) is 0 Å². The third-order valence-corrected chi connectivity index (χ3v) is 4.36. The molecule has 4 rings (SSSR count). The first kappa shape index (κ1) is 16.4. The van der Waals surface area contributed by atoms with Crippen LogP contribution in [0.1, 0.15) is 34.5 Å². The SMILES string of the molecule is O=C(c1cccc(OCc2cccnc2)c1)N(Cc1ccco1)C1CC1. The lowest BCUT2D eigenvalue weighted by Crippen LogP contribution is -2.32. The quantitative estimate of drug-likeness (QED) is 0.646. The summed E-state index contributed by atoms with van der Waals surface area (Å²) < 4.78 is 11.2. The van der Waals surface area contributed by atoms with Crippen molar-refractivity contribution in [1.29, 1.82) is 0 Å². The van der Waals surface area contributed by atoms with Crippen LogP contribution < -0.4 is 4.74 Å². The summed E-state index contributed by atoms with van der Waals surface area (Å²) in [6.45, 7) is 0.918. The van der Waals surface area contributed by atoms with Crippen LogP contribution in [-0.2, 0) is 13.2 Å². The maximum absolute atomic E-state index is 13.0. The van der Waals surface area contributed by atoms with Crippen LogP contribution in [0, 0.1) is 0 Å². The summed E-state index contributed by atoms with van der Waals surface area (Å²) in [5, 5.41) is 0. The second-order valence-electron chi connectivity index (χ2n) is 6.42. The van der Waals surface area contributed by atoms with Crippen LogP contribution in [0.25, 0.3) is 0 Å². The Hall–Kier alpha value is -3.08. The van der Waals surface area contributed by atoms with E-state index in [0.717, 1.165) is 24.2 Å². The molecular formula is C21H20N2O3. The maximum Gasteiger partial charge on any atom is 0.254 e. The predicted octanol–water partition coefficient (Wildman–Crippen LogP) is 4.06. The van der Waals surface area contributed by atoms with E-state index in [9.17, 15) is 4.79 Å². The molecule has 5 heteroatoms. The molecule has 3 aromatic rings. The highest BCUT2D eigenvalue weighted by Crippen LogP contribution is 2.30. The molecule has 1 amide bonds. The van der Waals surface area contributed by atoms with Crippen LogP contribution in [0.3, 0.4) is 0 Å². The van der Waals surface area contributed by atoms with Crippen LogP contribution in [0.15, 0.2) is 71.6 Å². The molecule has 1 aromatic carbocycles. The molecule has 26 heavy (non-hydrogen) atoms. The minimum Gasteiger partial charge on any atom is -0.489 e. The number of ether oxygens (including phenoxy) is 1. The summed E-state index contributed by atoms with van der Waals surface area (Å²) in [4.78, 5) is 19.0. The lowest BCUT2D eigenvalue weighted by Gasteiger charge is -2.21. The van der Waals surface area contributed by atoms with E-state index in [-0.39, 0.29) is 5.91 Å². The maximum atomic E-state index is 13.0. The van der Waals surface area contributed by atoms with Crippen molar-refractivity contribution in [3.8, 4) is 5.75 Å². The Morgan fingerprint density at radius 2 is 2.12 bits per heavy atom. The van der Waals surface area contributed by atoms with Crippen molar-refractivity contribution >= 4 is 5.91 Å². The Labute approximate surface area is 152 Å². The Kier molecular flexibility index (Phi) is 4.69. The van der Waals surface area contributed by atoms with Crippen molar-refractivity contribution < 1.29 is 13.9 Å². The van der Waals surface area contributed by atoms with Crippen molar-refractivity contribution in [1.82, 2.24) is 9.88 Å². The van der Waals surface area contributed by atoms with Gasteiger partial charge in [0.1, 0.15) is 18.1 Å². The number of aromatic nitrogens is 1. The number of carbonyl (C=O) groups is 1. The molecule has 0 atom stereocenters. The van der Waals surface area contributed by atoms with Crippen molar-refractivity contribution in [3.05, 3.63) is 84.1 Å². The number of rotatable bonds is 7. The average Bonchev–Trinajstić information content (AvgIpc) is 3.40. The summed E-state index contributed by atoms with van der Waals surface area (Å²) in [6, 6.07) is 15.2. The van der Waals surface area contributed by atoms with Crippen LogP contribution >= 0.6 is 0 Å². The van der Waals surface area contributed by atoms with Gasteiger partial charge in [0.2, 0.25) is 0 Å². The van der Waals surface area contributed by atoms with E-state index in [0.29, 0.717) is 30.5 Å². The molecule has 0 N–H and O–H groups in total. The number of amides is 1. The Bertz CT molecular complexity index is 858.